The number of hydrogen-bond acceptors (Lipinski definition) is 4. The largest absolute Gasteiger partial charge is 0.456 e. The number of thioether (sulfide) groups is 2. The zero-order valence-corrected chi connectivity index (χ0v) is 22.8. The van der Waals surface area contributed by atoms with Gasteiger partial charge in [-0.1, -0.05) is 69.0 Å². The van der Waals surface area contributed by atoms with Crippen LogP contribution in [0.15, 0.2) is 59.0 Å². The van der Waals surface area contributed by atoms with Crippen LogP contribution in [0.1, 0.15) is 62.6 Å². The highest BCUT2D eigenvalue weighted by atomic mass is 32.2. The Bertz CT molecular complexity index is 1160. The summed E-state index contributed by atoms with van der Waals surface area (Å²) in [6, 6.07) is 19.6. The Morgan fingerprint density at radius 3 is 2.49 bits per heavy atom. The third-order valence-electron chi connectivity index (χ3n) is 6.24. The molecule has 184 valence electrons. The van der Waals surface area contributed by atoms with E-state index in [-0.39, 0.29) is 4.08 Å². The Kier molecular flexibility index (Phi) is 9.49. The van der Waals surface area contributed by atoms with Gasteiger partial charge in [0.1, 0.15) is 15.6 Å². The second-order valence-corrected chi connectivity index (χ2v) is 11.9. The van der Waals surface area contributed by atoms with Crippen molar-refractivity contribution in [2.24, 2.45) is 0 Å². The molecule has 2 heterocycles. The zero-order valence-electron chi connectivity index (χ0n) is 21.2. The van der Waals surface area contributed by atoms with Gasteiger partial charge in [0.25, 0.3) is 0 Å². The summed E-state index contributed by atoms with van der Waals surface area (Å²) in [6.07, 6.45) is 6.65. The molecule has 2 aromatic carbocycles. The van der Waals surface area contributed by atoms with Crippen LogP contribution < -0.4 is 0 Å². The lowest BCUT2D eigenvalue weighted by Crippen LogP contribution is -2.11. The van der Waals surface area contributed by atoms with Gasteiger partial charge in [-0.3, -0.25) is 0 Å². The Morgan fingerprint density at radius 2 is 1.71 bits per heavy atom. The summed E-state index contributed by atoms with van der Waals surface area (Å²) in [5.41, 5.74) is 5.97. The first kappa shape index (κ1) is 26.0. The predicted molar refractivity (Wildman–Crippen MR) is 153 cm³/mol. The second kappa shape index (κ2) is 12.8. The number of methoxy groups -OCH3 is 1. The van der Waals surface area contributed by atoms with Crippen molar-refractivity contribution < 1.29 is 9.15 Å². The van der Waals surface area contributed by atoms with Gasteiger partial charge in [-0.25, -0.2) is 0 Å². The quantitative estimate of drug-likeness (QED) is 0.203. The average Bonchev–Trinajstić information content (AvgIpc) is 3.54. The first-order valence-electron chi connectivity index (χ1n) is 12.8. The third-order valence-corrected chi connectivity index (χ3v) is 9.51. The van der Waals surface area contributed by atoms with Crippen LogP contribution >= 0.6 is 23.5 Å². The molecule has 1 saturated heterocycles. The second-order valence-electron chi connectivity index (χ2n) is 9.00. The minimum absolute atomic E-state index is 0.169. The summed E-state index contributed by atoms with van der Waals surface area (Å²) in [7, 11) is 1.73. The number of benzene rings is 2. The van der Waals surface area contributed by atoms with E-state index in [9.17, 15) is 0 Å². The maximum atomic E-state index is 6.59. The normalized spacial score (nSPS) is 14.6. The van der Waals surface area contributed by atoms with Gasteiger partial charge in [0, 0.05) is 36.2 Å². The van der Waals surface area contributed by atoms with Crippen molar-refractivity contribution in [1.29, 1.82) is 0 Å². The molecule has 0 aliphatic carbocycles. The molecule has 35 heavy (non-hydrogen) atoms. The molecule has 1 fully saturated rings. The van der Waals surface area contributed by atoms with Gasteiger partial charge in [0.2, 0.25) is 0 Å². The molecule has 2 nitrogen and oxygen atoms in total. The average molecular weight is 505 g/mol. The minimum Gasteiger partial charge on any atom is -0.456 e. The van der Waals surface area contributed by atoms with Gasteiger partial charge in [-0.2, -0.15) is 0 Å². The molecule has 4 rings (SSSR count). The van der Waals surface area contributed by atoms with Crippen LogP contribution in [0.25, 0.3) is 22.6 Å². The lowest BCUT2D eigenvalue weighted by molar-refractivity contribution is 0.185. The highest BCUT2D eigenvalue weighted by Gasteiger charge is 2.36. The molecule has 0 unspecified atom stereocenters. The van der Waals surface area contributed by atoms with Crippen molar-refractivity contribution in [3.8, 4) is 34.5 Å². The van der Waals surface area contributed by atoms with Gasteiger partial charge in [0.15, 0.2) is 0 Å². The van der Waals surface area contributed by atoms with Crippen molar-refractivity contribution in [1.82, 2.24) is 0 Å². The fourth-order valence-electron chi connectivity index (χ4n) is 4.38. The molecule has 0 amide bonds. The lowest BCUT2D eigenvalue weighted by Gasteiger charge is -2.22. The number of hydrogen-bond donors (Lipinski definition) is 0. The van der Waals surface area contributed by atoms with Crippen LogP contribution in [-0.4, -0.2) is 18.6 Å². The monoisotopic (exact) mass is 504 g/mol. The van der Waals surface area contributed by atoms with Crippen LogP contribution in [0.2, 0.25) is 0 Å². The highest BCUT2D eigenvalue weighted by Crippen LogP contribution is 2.52. The SMILES string of the molecule is CCCCC#CC1(c2cccc(-c3oc(-c4cccc(COC)c4)cc3CCCC)c2)SCCS1. The van der Waals surface area contributed by atoms with E-state index < -0.39 is 0 Å². The zero-order chi connectivity index (χ0) is 24.5. The highest BCUT2D eigenvalue weighted by molar-refractivity contribution is 8.21. The minimum atomic E-state index is -0.169. The van der Waals surface area contributed by atoms with E-state index in [0.717, 1.165) is 65.4 Å². The van der Waals surface area contributed by atoms with Crippen LogP contribution in [0.5, 0.6) is 0 Å². The number of ether oxygens (including phenoxy) is 1. The van der Waals surface area contributed by atoms with Gasteiger partial charge in [-0.05, 0) is 54.2 Å². The van der Waals surface area contributed by atoms with E-state index in [4.69, 9.17) is 9.15 Å². The maximum Gasteiger partial charge on any atom is 0.147 e. The maximum absolute atomic E-state index is 6.59. The Hall–Kier alpha value is -2.06. The predicted octanol–water partition coefficient (Wildman–Crippen LogP) is 8.93. The molecule has 0 bridgehead atoms. The fraction of sp³-hybridized carbons (Fsp3) is 0.419. The van der Waals surface area contributed by atoms with E-state index in [1.54, 1.807) is 7.11 Å². The standard InChI is InChI=1S/C31H36O2S2/c1-4-6-8-9-17-31(34-18-19-35-31)28-16-11-15-26(21-28)30-27(13-7-5-2)22-29(33-30)25-14-10-12-24(20-25)23-32-3/h10-12,14-16,20-22H,4-8,13,18-19,23H2,1-3H3. The molecule has 0 spiro atoms. The van der Waals surface area contributed by atoms with Gasteiger partial charge >= 0.3 is 0 Å². The molecule has 1 aliphatic heterocycles. The van der Waals surface area contributed by atoms with Crippen molar-refractivity contribution in [2.75, 3.05) is 18.6 Å². The fourth-order valence-corrected chi connectivity index (χ4v) is 7.33. The van der Waals surface area contributed by atoms with Crippen molar-refractivity contribution >= 4 is 23.5 Å². The molecule has 0 N–H and O–H groups in total. The first-order chi connectivity index (χ1) is 17.2. The number of unbranched alkanes of at least 4 members (excludes halogenated alkanes) is 3. The summed E-state index contributed by atoms with van der Waals surface area (Å²) in [6.45, 7) is 5.06. The molecule has 1 aliphatic rings. The number of aryl methyl sites for hydroxylation is 1. The number of rotatable bonds is 10. The van der Waals surface area contributed by atoms with Gasteiger partial charge in [0.05, 0.1) is 6.61 Å². The van der Waals surface area contributed by atoms with Crippen LogP contribution in [0, 0.1) is 11.8 Å². The molecular formula is C31H36O2S2. The Morgan fingerprint density at radius 1 is 0.943 bits per heavy atom. The molecule has 0 radical (unpaired) electrons. The molecule has 1 aromatic heterocycles. The summed E-state index contributed by atoms with van der Waals surface area (Å²) < 4.78 is 11.8. The Balaban J connectivity index is 1.72. The Labute approximate surface area is 219 Å². The summed E-state index contributed by atoms with van der Waals surface area (Å²) >= 11 is 3.96. The van der Waals surface area contributed by atoms with E-state index in [2.05, 4.69) is 80.3 Å². The van der Waals surface area contributed by atoms with Crippen LogP contribution in [-0.2, 0) is 21.8 Å². The first-order valence-corrected chi connectivity index (χ1v) is 14.8. The summed E-state index contributed by atoms with van der Waals surface area (Å²) in [5.74, 6) is 11.3. The lowest BCUT2D eigenvalue weighted by atomic mass is 10.0. The van der Waals surface area contributed by atoms with E-state index in [0.29, 0.717) is 6.61 Å². The topological polar surface area (TPSA) is 22.4 Å². The van der Waals surface area contributed by atoms with Gasteiger partial charge in [-0.15, -0.1) is 29.4 Å². The van der Waals surface area contributed by atoms with Crippen molar-refractivity contribution in [2.45, 2.75) is 63.1 Å². The molecule has 0 atom stereocenters. The molecule has 4 heteroatoms. The van der Waals surface area contributed by atoms with E-state index in [1.807, 2.05) is 23.5 Å². The smallest absolute Gasteiger partial charge is 0.147 e. The molecule has 3 aromatic rings. The van der Waals surface area contributed by atoms with Crippen molar-refractivity contribution in [3.63, 3.8) is 0 Å². The van der Waals surface area contributed by atoms with Crippen LogP contribution in [0.4, 0.5) is 0 Å². The number of furan rings is 1. The van der Waals surface area contributed by atoms with Crippen molar-refractivity contribution in [3.05, 3.63) is 71.3 Å². The van der Waals surface area contributed by atoms with Crippen LogP contribution in [0.3, 0.4) is 0 Å². The summed E-state index contributed by atoms with van der Waals surface area (Å²) in [4.78, 5) is 0. The third kappa shape index (κ3) is 6.39. The molecule has 0 saturated carbocycles. The van der Waals surface area contributed by atoms with Gasteiger partial charge < -0.3 is 9.15 Å². The van der Waals surface area contributed by atoms with E-state index >= 15 is 0 Å². The summed E-state index contributed by atoms with van der Waals surface area (Å²) in [5, 5.41) is 0. The molecular weight excluding hydrogens is 468 g/mol. The van der Waals surface area contributed by atoms with E-state index in [1.165, 1.54) is 24.0 Å².